The van der Waals surface area contributed by atoms with Crippen molar-refractivity contribution in [1.82, 2.24) is 9.97 Å². The molecule has 0 saturated carbocycles. The highest BCUT2D eigenvalue weighted by atomic mass is 79.9. The molecule has 0 aliphatic carbocycles. The summed E-state index contributed by atoms with van der Waals surface area (Å²) in [5.74, 6) is 1.18. The highest BCUT2D eigenvalue weighted by Gasteiger charge is 2.11. The van der Waals surface area contributed by atoms with Crippen LogP contribution in [0.5, 0.6) is 11.6 Å². The lowest BCUT2D eigenvalue weighted by Gasteiger charge is -2.10. The van der Waals surface area contributed by atoms with Crippen LogP contribution >= 0.6 is 31.9 Å². The SMILES string of the molecule is CCCNc1ncnc(Oc2ccc(F)c(Br)c2)c1Br. The monoisotopic (exact) mass is 403 g/mol. The van der Waals surface area contributed by atoms with Crippen LogP contribution in [0.4, 0.5) is 10.2 Å². The van der Waals surface area contributed by atoms with Crippen molar-refractivity contribution in [1.29, 1.82) is 0 Å². The molecule has 0 aliphatic rings. The van der Waals surface area contributed by atoms with Crippen LogP contribution in [-0.4, -0.2) is 16.5 Å². The van der Waals surface area contributed by atoms with E-state index >= 15 is 0 Å². The highest BCUT2D eigenvalue weighted by molar-refractivity contribution is 9.11. The van der Waals surface area contributed by atoms with E-state index in [1.54, 1.807) is 6.07 Å². The van der Waals surface area contributed by atoms with Gasteiger partial charge in [0.25, 0.3) is 0 Å². The lowest BCUT2D eigenvalue weighted by Crippen LogP contribution is -2.04. The summed E-state index contributed by atoms with van der Waals surface area (Å²) in [4.78, 5) is 8.20. The summed E-state index contributed by atoms with van der Waals surface area (Å²) >= 11 is 6.52. The lowest BCUT2D eigenvalue weighted by molar-refractivity contribution is 0.456. The number of hydrogen-bond acceptors (Lipinski definition) is 4. The summed E-state index contributed by atoms with van der Waals surface area (Å²) in [6.45, 7) is 2.87. The van der Waals surface area contributed by atoms with Gasteiger partial charge >= 0.3 is 0 Å². The number of nitrogens with one attached hydrogen (secondary N) is 1. The Hall–Kier alpha value is -1.21. The summed E-state index contributed by atoms with van der Waals surface area (Å²) in [6.07, 6.45) is 2.40. The molecule has 106 valence electrons. The van der Waals surface area contributed by atoms with Gasteiger partial charge in [-0.15, -0.1) is 0 Å². The topological polar surface area (TPSA) is 47.0 Å². The molecule has 1 heterocycles. The van der Waals surface area contributed by atoms with Crippen molar-refractivity contribution in [2.24, 2.45) is 0 Å². The van der Waals surface area contributed by atoms with Crippen LogP contribution in [-0.2, 0) is 0 Å². The first-order chi connectivity index (χ1) is 9.61. The van der Waals surface area contributed by atoms with E-state index in [0.717, 1.165) is 13.0 Å². The average Bonchev–Trinajstić information content (AvgIpc) is 2.44. The Bertz CT molecular complexity index is 610. The van der Waals surface area contributed by atoms with Crippen molar-refractivity contribution in [2.45, 2.75) is 13.3 Å². The fourth-order valence-corrected chi connectivity index (χ4v) is 2.23. The third kappa shape index (κ3) is 3.67. The summed E-state index contributed by atoms with van der Waals surface area (Å²) < 4.78 is 19.8. The maximum Gasteiger partial charge on any atom is 0.238 e. The Morgan fingerprint density at radius 2 is 2.10 bits per heavy atom. The van der Waals surface area contributed by atoms with E-state index in [-0.39, 0.29) is 5.82 Å². The van der Waals surface area contributed by atoms with E-state index in [1.807, 2.05) is 0 Å². The average molecular weight is 405 g/mol. The first kappa shape index (κ1) is 15.2. The van der Waals surface area contributed by atoms with Crippen LogP contribution in [0.3, 0.4) is 0 Å². The molecule has 0 atom stereocenters. The molecular weight excluding hydrogens is 393 g/mol. The quantitative estimate of drug-likeness (QED) is 0.780. The molecule has 0 spiro atoms. The fraction of sp³-hybridized carbons (Fsp3) is 0.231. The van der Waals surface area contributed by atoms with Gasteiger partial charge in [0, 0.05) is 6.54 Å². The lowest BCUT2D eigenvalue weighted by atomic mass is 10.3. The first-order valence-electron chi connectivity index (χ1n) is 5.99. The number of nitrogens with zero attached hydrogens (tertiary/aromatic N) is 2. The minimum absolute atomic E-state index is 0.338. The zero-order valence-electron chi connectivity index (χ0n) is 10.7. The Morgan fingerprint density at radius 1 is 1.30 bits per heavy atom. The van der Waals surface area contributed by atoms with E-state index in [0.29, 0.717) is 26.4 Å². The minimum Gasteiger partial charge on any atom is -0.438 e. The van der Waals surface area contributed by atoms with Gasteiger partial charge in [-0.25, -0.2) is 14.4 Å². The van der Waals surface area contributed by atoms with Gasteiger partial charge in [-0.05, 0) is 56.5 Å². The molecule has 7 heteroatoms. The molecule has 0 unspecified atom stereocenters. The van der Waals surface area contributed by atoms with Gasteiger partial charge in [0.05, 0.1) is 4.47 Å². The normalized spacial score (nSPS) is 10.4. The zero-order valence-corrected chi connectivity index (χ0v) is 13.8. The number of rotatable bonds is 5. The number of anilines is 1. The number of halogens is 3. The molecule has 0 saturated heterocycles. The second kappa shape index (κ2) is 6.99. The van der Waals surface area contributed by atoms with Crippen LogP contribution in [0, 0.1) is 5.82 Å². The number of aromatic nitrogens is 2. The third-order valence-electron chi connectivity index (χ3n) is 2.41. The maximum absolute atomic E-state index is 13.2. The minimum atomic E-state index is -0.343. The second-order valence-corrected chi connectivity index (χ2v) is 5.59. The molecular formula is C13H12Br2FN3O. The molecule has 0 aliphatic heterocycles. The van der Waals surface area contributed by atoms with Crippen LogP contribution in [0.2, 0.25) is 0 Å². The van der Waals surface area contributed by atoms with Gasteiger partial charge in [0.2, 0.25) is 5.88 Å². The van der Waals surface area contributed by atoms with Crippen LogP contribution in [0.15, 0.2) is 33.5 Å². The van der Waals surface area contributed by atoms with E-state index in [1.165, 1.54) is 18.5 Å². The fourth-order valence-electron chi connectivity index (χ4n) is 1.44. The van der Waals surface area contributed by atoms with Crippen molar-refractivity contribution in [3.8, 4) is 11.6 Å². The molecule has 1 N–H and O–H groups in total. The largest absolute Gasteiger partial charge is 0.438 e. The highest BCUT2D eigenvalue weighted by Crippen LogP contribution is 2.33. The molecule has 0 amide bonds. The number of hydrogen-bond donors (Lipinski definition) is 1. The zero-order chi connectivity index (χ0) is 14.5. The second-order valence-electron chi connectivity index (χ2n) is 3.95. The van der Waals surface area contributed by atoms with Gasteiger partial charge < -0.3 is 10.1 Å². The summed E-state index contributed by atoms with van der Waals surface area (Å²) in [5.41, 5.74) is 0. The standard InChI is InChI=1S/C13H12Br2FN3O/c1-2-5-17-12-11(15)13(19-7-18-12)20-8-3-4-10(16)9(14)6-8/h3-4,6-7H,2,5H2,1H3,(H,17,18,19). The van der Waals surface area contributed by atoms with Gasteiger partial charge in [0.15, 0.2) is 0 Å². The molecule has 0 bridgehead atoms. The van der Waals surface area contributed by atoms with E-state index < -0.39 is 0 Å². The van der Waals surface area contributed by atoms with Crippen LogP contribution < -0.4 is 10.1 Å². The van der Waals surface area contributed by atoms with Crippen LogP contribution in [0.25, 0.3) is 0 Å². The van der Waals surface area contributed by atoms with Crippen molar-refractivity contribution >= 4 is 37.7 Å². The van der Waals surface area contributed by atoms with Gasteiger partial charge in [0.1, 0.15) is 28.2 Å². The molecule has 0 fully saturated rings. The Kier molecular flexibility index (Phi) is 5.31. The van der Waals surface area contributed by atoms with Crippen molar-refractivity contribution in [3.05, 3.63) is 39.3 Å². The van der Waals surface area contributed by atoms with Crippen molar-refractivity contribution < 1.29 is 9.13 Å². The predicted molar refractivity (Wildman–Crippen MR) is 82.7 cm³/mol. The summed E-state index contributed by atoms with van der Waals surface area (Å²) in [5, 5.41) is 3.16. The summed E-state index contributed by atoms with van der Waals surface area (Å²) in [7, 11) is 0. The van der Waals surface area contributed by atoms with E-state index in [9.17, 15) is 4.39 Å². The number of benzene rings is 1. The predicted octanol–water partition coefficient (Wildman–Crippen LogP) is 4.75. The van der Waals surface area contributed by atoms with Crippen molar-refractivity contribution in [3.63, 3.8) is 0 Å². The van der Waals surface area contributed by atoms with Gasteiger partial charge in [-0.3, -0.25) is 0 Å². The molecule has 0 radical (unpaired) electrons. The van der Waals surface area contributed by atoms with E-state index in [2.05, 4.69) is 54.1 Å². The Labute approximate surface area is 133 Å². The maximum atomic E-state index is 13.2. The molecule has 1 aromatic carbocycles. The smallest absolute Gasteiger partial charge is 0.238 e. The van der Waals surface area contributed by atoms with Crippen LogP contribution in [0.1, 0.15) is 13.3 Å². The molecule has 20 heavy (non-hydrogen) atoms. The van der Waals surface area contributed by atoms with E-state index in [4.69, 9.17) is 4.74 Å². The van der Waals surface area contributed by atoms with Crippen molar-refractivity contribution in [2.75, 3.05) is 11.9 Å². The summed E-state index contributed by atoms with van der Waals surface area (Å²) in [6, 6.07) is 4.40. The Morgan fingerprint density at radius 3 is 2.80 bits per heavy atom. The molecule has 2 aromatic rings. The molecule has 4 nitrogen and oxygen atoms in total. The molecule has 2 rings (SSSR count). The molecule has 1 aromatic heterocycles. The Balaban J connectivity index is 2.22. The van der Waals surface area contributed by atoms with Gasteiger partial charge in [-0.2, -0.15) is 0 Å². The first-order valence-corrected chi connectivity index (χ1v) is 7.57. The third-order valence-corrected chi connectivity index (χ3v) is 3.73. The number of ether oxygens (including phenoxy) is 1. The van der Waals surface area contributed by atoms with Gasteiger partial charge in [-0.1, -0.05) is 6.92 Å².